The zero-order valence-corrected chi connectivity index (χ0v) is 70.1. The Bertz CT molecular complexity index is 5840. The largest absolute Gasteiger partial charge is 0.508 e. The molecule has 0 atom stereocenters. The second-order valence-corrected chi connectivity index (χ2v) is 30.4. The first kappa shape index (κ1) is 91.1. The van der Waals surface area contributed by atoms with E-state index in [9.17, 15) is 58.8 Å². The number of rotatable bonds is 24. The number of piperidine rings is 1. The van der Waals surface area contributed by atoms with E-state index in [0.29, 0.717) is 88.6 Å². The fourth-order valence-electron chi connectivity index (χ4n) is 13.3. The van der Waals surface area contributed by atoms with Crippen molar-refractivity contribution in [1.82, 2.24) is 29.7 Å². The highest BCUT2D eigenvalue weighted by Crippen LogP contribution is 2.31. The van der Waals surface area contributed by atoms with E-state index in [2.05, 4.69) is 46.1 Å². The zero-order valence-electron chi connectivity index (χ0n) is 67.1. The molecule has 0 spiro atoms. The second kappa shape index (κ2) is 43.2. The molecule has 31 heteroatoms. The summed E-state index contributed by atoms with van der Waals surface area (Å²) in [6.07, 6.45) is 10.6. The van der Waals surface area contributed by atoms with Gasteiger partial charge in [0.1, 0.15) is 63.8 Å². The molecular formula is C94H83Cl4N15O12. The standard InChI is InChI=1S/C26H25ClN4O3.C25H23ClN4O3.C22H18ClN3O3.C21H17ClN4O3/c27-19-11-12-24(29-16-19)30-26(34)20-5-4-6-22(32)21(20)15-23(33)17-7-9-18(10-8-17)25(28)31-13-2-1-3-14-31;26-18-10-11-23(28-15-18)29-25(33)19-4-3-5-21(31)20(19)14-22(32)16-6-8-17(9-7-16)24(27)30-12-1-2-13-30;1-13(24)14-5-7-15(8-6-14)20(28)11-18-17(3-2-4-19(18)27)22(29)26-21-10-9-16(23)12-25-21;22-14-8-9-19(25-11-14)26-21(29)15-2-1-3-17(27)16(15)10-18(28)12-4-6-13(7-5-12)20(23)24/h4-12,16,28,32H,1-3,13-15H2,(H,29,30,34);3-11,15,27,31H,1-2,12-14H2,(H,28,29,33);2-10,12,24,27H,11H2,1H3,(H,25,26,29);1-9,11,27H,10H2,(H3,23,24)(H,25,26,29). The molecule has 0 saturated carbocycles. The SMILES string of the molecule is CC(=N)c1ccc(C(=O)Cc2c(O)cccc2C(=O)Nc2ccc(Cl)cn2)cc1.N=C(N)c1ccc(C(=O)Cc2c(O)cccc2C(=O)Nc2ccc(Cl)cn2)cc1.N=C(c1ccc(C(=O)Cc2c(O)cccc2C(=O)Nc2ccc(Cl)cn2)cc1)N1CCCC1.N=C(c1ccc(C(=O)Cc2c(O)cccc2C(=O)Nc2ccc(Cl)cn2)cc1)N1CCCCC1. The van der Waals surface area contributed by atoms with Crippen LogP contribution in [0.3, 0.4) is 0 Å². The Balaban J connectivity index is 0.000000162. The highest BCUT2D eigenvalue weighted by Gasteiger charge is 2.26. The predicted octanol–water partition coefficient (Wildman–Crippen LogP) is 17.4. The number of halogens is 4. The third kappa shape index (κ3) is 25.0. The summed E-state index contributed by atoms with van der Waals surface area (Å²) in [6.45, 7) is 5.18. The molecule has 125 heavy (non-hydrogen) atoms. The number of nitrogens with two attached hydrogens (primary N) is 1. The number of aromatic hydroxyl groups is 4. The average molecular weight is 1760 g/mol. The molecule has 12 aromatic rings. The summed E-state index contributed by atoms with van der Waals surface area (Å²) in [5.74, 6) is -1.52. The van der Waals surface area contributed by atoms with E-state index in [1.54, 1.807) is 177 Å². The lowest BCUT2D eigenvalue weighted by Crippen LogP contribution is -2.35. The van der Waals surface area contributed by atoms with E-state index in [1.165, 1.54) is 79.7 Å². The summed E-state index contributed by atoms with van der Waals surface area (Å²) in [6, 6.07) is 57.4. The number of pyridine rings is 4. The topological polar surface area (TPSA) is 445 Å². The number of carbonyl (C=O) groups is 8. The fraction of sp³-hybridized carbons (Fsp3) is 0.149. The maximum atomic E-state index is 13.0. The van der Waals surface area contributed by atoms with Gasteiger partial charge in [-0.25, -0.2) is 19.9 Å². The van der Waals surface area contributed by atoms with Crippen LogP contribution in [0.5, 0.6) is 23.0 Å². The van der Waals surface area contributed by atoms with E-state index in [1.807, 2.05) is 4.90 Å². The smallest absolute Gasteiger partial charge is 0.257 e. The van der Waals surface area contributed by atoms with Crippen LogP contribution >= 0.6 is 46.4 Å². The number of phenolic OH excluding ortho intramolecular Hbond substituents is 4. The van der Waals surface area contributed by atoms with E-state index in [-0.39, 0.29) is 122 Å². The monoisotopic (exact) mass is 1750 g/mol. The first-order chi connectivity index (χ1) is 60.0. The number of nitrogen functional groups attached to an aromatic ring is 1. The summed E-state index contributed by atoms with van der Waals surface area (Å²) in [7, 11) is 0. The van der Waals surface area contributed by atoms with Gasteiger partial charge in [-0.1, -0.05) is 168 Å². The minimum atomic E-state index is -0.509. The molecule has 14 rings (SSSR count). The summed E-state index contributed by atoms with van der Waals surface area (Å²) >= 11 is 23.2. The Morgan fingerprint density at radius 2 is 0.544 bits per heavy atom. The highest BCUT2D eigenvalue weighted by atomic mass is 35.5. The molecule has 8 aromatic carbocycles. The molecule has 2 saturated heterocycles. The number of Topliss-reactive ketones (excluding diaryl/α,β-unsaturated/α-hetero) is 4. The molecular weight excluding hydrogens is 1670 g/mol. The van der Waals surface area contributed by atoms with Crippen LogP contribution in [0.4, 0.5) is 23.3 Å². The van der Waals surface area contributed by atoms with Crippen molar-refractivity contribution >= 4 is 140 Å². The van der Waals surface area contributed by atoms with Gasteiger partial charge < -0.3 is 62.6 Å². The summed E-state index contributed by atoms with van der Waals surface area (Å²) in [5.41, 5.74) is 11.9. The summed E-state index contributed by atoms with van der Waals surface area (Å²) < 4.78 is 0. The van der Waals surface area contributed by atoms with E-state index < -0.39 is 23.6 Å². The first-order valence-corrected chi connectivity index (χ1v) is 40.6. The molecule has 0 aliphatic carbocycles. The van der Waals surface area contributed by atoms with Crippen LogP contribution in [0, 0.1) is 21.6 Å². The number of anilines is 4. The molecule has 27 nitrogen and oxygen atoms in total. The number of ketones is 4. The number of nitrogens with one attached hydrogen (secondary N) is 8. The van der Waals surface area contributed by atoms with E-state index in [0.717, 1.165) is 68.6 Å². The number of hydrogen-bond acceptors (Lipinski definition) is 20. The Kier molecular flexibility index (Phi) is 31.5. The van der Waals surface area contributed by atoms with Gasteiger partial charge >= 0.3 is 0 Å². The zero-order chi connectivity index (χ0) is 89.4. The van der Waals surface area contributed by atoms with E-state index in [4.69, 9.17) is 73.8 Å². The molecule has 2 aliphatic heterocycles. The number of amides is 4. The molecule has 4 amide bonds. The third-order valence-electron chi connectivity index (χ3n) is 20.0. The van der Waals surface area contributed by atoms with Crippen LogP contribution in [0.25, 0.3) is 0 Å². The molecule has 2 aliphatic rings. The summed E-state index contributed by atoms with van der Waals surface area (Å²) in [5, 5.41) is 85.4. The second-order valence-electron chi connectivity index (χ2n) is 28.7. The van der Waals surface area contributed by atoms with Crippen molar-refractivity contribution < 1.29 is 58.8 Å². The van der Waals surface area contributed by atoms with Gasteiger partial charge in [0, 0.05) is 166 Å². The average Bonchev–Trinajstić information content (AvgIpc) is 1.01. The van der Waals surface area contributed by atoms with Crippen molar-refractivity contribution in [2.75, 3.05) is 47.4 Å². The molecule has 634 valence electrons. The first-order valence-electron chi connectivity index (χ1n) is 39.1. The van der Waals surface area contributed by atoms with Crippen LogP contribution in [0.1, 0.15) is 166 Å². The molecule has 14 N–H and O–H groups in total. The van der Waals surface area contributed by atoms with Crippen molar-refractivity contribution in [3.8, 4) is 23.0 Å². The van der Waals surface area contributed by atoms with Crippen molar-refractivity contribution in [1.29, 1.82) is 21.6 Å². The van der Waals surface area contributed by atoms with Crippen LogP contribution in [-0.2, 0) is 25.7 Å². The van der Waals surface area contributed by atoms with Crippen LogP contribution in [0.15, 0.2) is 243 Å². The highest BCUT2D eigenvalue weighted by molar-refractivity contribution is 6.31. The van der Waals surface area contributed by atoms with Gasteiger partial charge in [0.05, 0.1) is 20.1 Å². The van der Waals surface area contributed by atoms with Gasteiger partial charge in [-0.05, 0) is 142 Å². The minimum Gasteiger partial charge on any atom is -0.508 e. The Morgan fingerprint density at radius 3 is 0.768 bits per heavy atom. The number of phenols is 4. The molecule has 6 heterocycles. The number of benzene rings is 8. The molecule has 0 radical (unpaired) electrons. The van der Waals surface area contributed by atoms with Gasteiger partial charge in [-0.3, -0.25) is 54.6 Å². The van der Waals surface area contributed by atoms with Gasteiger partial charge in [0.2, 0.25) is 0 Å². The lowest BCUT2D eigenvalue weighted by Gasteiger charge is -2.29. The number of likely N-dealkylation sites (tertiary alicyclic amines) is 2. The number of carbonyl (C=O) groups excluding carboxylic acids is 8. The number of nitrogens with zero attached hydrogens (tertiary/aromatic N) is 6. The predicted molar refractivity (Wildman–Crippen MR) is 483 cm³/mol. The third-order valence-corrected chi connectivity index (χ3v) is 20.9. The Hall–Kier alpha value is -14.6. The van der Waals surface area contributed by atoms with Crippen LogP contribution in [0.2, 0.25) is 20.1 Å². The fourth-order valence-corrected chi connectivity index (χ4v) is 13.7. The quantitative estimate of drug-likeness (QED) is 0.0152. The van der Waals surface area contributed by atoms with Crippen molar-refractivity contribution in [3.63, 3.8) is 0 Å². The van der Waals surface area contributed by atoms with Crippen LogP contribution in [-0.4, -0.2) is 146 Å². The Morgan fingerprint density at radius 1 is 0.320 bits per heavy atom. The van der Waals surface area contributed by atoms with Gasteiger partial charge in [-0.2, -0.15) is 0 Å². The van der Waals surface area contributed by atoms with E-state index >= 15 is 0 Å². The maximum absolute atomic E-state index is 13.0. The van der Waals surface area contributed by atoms with Crippen molar-refractivity contribution in [3.05, 3.63) is 352 Å². The van der Waals surface area contributed by atoms with Crippen LogP contribution < -0.4 is 27.0 Å². The van der Waals surface area contributed by atoms with Gasteiger partial charge in [0.15, 0.2) is 23.1 Å². The number of hydrogen-bond donors (Lipinski definition) is 13. The van der Waals surface area contributed by atoms with Gasteiger partial charge in [-0.15, -0.1) is 0 Å². The minimum absolute atomic E-state index is 0.0977. The van der Waals surface area contributed by atoms with Crippen molar-refractivity contribution in [2.45, 2.75) is 64.7 Å². The number of aromatic nitrogens is 4. The molecule has 0 bridgehead atoms. The summed E-state index contributed by atoms with van der Waals surface area (Å²) in [4.78, 5) is 122. The normalized spacial score (nSPS) is 11.9. The molecule has 2 fully saturated rings. The lowest BCUT2D eigenvalue weighted by atomic mass is 9.96. The molecule has 0 unspecified atom stereocenters. The maximum Gasteiger partial charge on any atom is 0.257 e. The lowest BCUT2D eigenvalue weighted by molar-refractivity contribution is 0.0979. The Labute approximate surface area is 738 Å². The molecule has 4 aromatic heterocycles. The number of amidine groups is 3. The van der Waals surface area contributed by atoms with Crippen molar-refractivity contribution in [2.24, 2.45) is 5.73 Å². The van der Waals surface area contributed by atoms with Gasteiger partial charge in [0.25, 0.3) is 23.6 Å².